The van der Waals surface area contributed by atoms with E-state index in [1.165, 1.54) is 30.4 Å². The number of ether oxygens (including phenoxy) is 1. The molecular weight excluding hydrogens is 401 g/mol. The summed E-state index contributed by atoms with van der Waals surface area (Å²) in [6, 6.07) is 6.51. The standard InChI is InChI=1S/C18H27N3O.HI/c1-12(2)17-15(8-9-22-17)11-20-18(19)21-16-7-6-13-4-3-5-14(13)10-16;/h6-7,10,12,15,17H,3-5,8-9,11H2,1-2H3,(H3,19,20,21);1H. The molecule has 23 heavy (non-hydrogen) atoms. The van der Waals surface area contributed by atoms with Crippen LogP contribution in [0.3, 0.4) is 0 Å². The van der Waals surface area contributed by atoms with E-state index in [1.807, 2.05) is 0 Å². The average molecular weight is 429 g/mol. The van der Waals surface area contributed by atoms with Crippen LogP contribution in [-0.4, -0.2) is 25.2 Å². The molecule has 3 N–H and O–H groups in total. The number of guanidine groups is 1. The Morgan fingerprint density at radius 2 is 2.13 bits per heavy atom. The number of fused-ring (bicyclic) bond motifs is 1. The lowest BCUT2D eigenvalue weighted by Crippen LogP contribution is -2.28. The number of nitrogens with zero attached hydrogens (tertiary/aromatic N) is 1. The van der Waals surface area contributed by atoms with Gasteiger partial charge in [-0.1, -0.05) is 19.9 Å². The van der Waals surface area contributed by atoms with E-state index in [4.69, 9.17) is 10.5 Å². The largest absolute Gasteiger partial charge is 0.378 e. The van der Waals surface area contributed by atoms with Gasteiger partial charge in [0.1, 0.15) is 0 Å². The van der Waals surface area contributed by atoms with Gasteiger partial charge < -0.3 is 15.8 Å². The van der Waals surface area contributed by atoms with E-state index in [-0.39, 0.29) is 24.0 Å². The molecule has 0 radical (unpaired) electrons. The Morgan fingerprint density at radius 1 is 1.35 bits per heavy atom. The van der Waals surface area contributed by atoms with Crippen LogP contribution in [0.5, 0.6) is 0 Å². The van der Waals surface area contributed by atoms with Crippen LogP contribution in [0, 0.1) is 11.8 Å². The molecule has 0 bridgehead atoms. The highest BCUT2D eigenvalue weighted by molar-refractivity contribution is 14.0. The number of hydrogen-bond donors (Lipinski definition) is 2. The number of nitrogens with one attached hydrogen (secondary N) is 1. The van der Waals surface area contributed by atoms with Crippen molar-refractivity contribution in [1.82, 2.24) is 0 Å². The van der Waals surface area contributed by atoms with Crippen LogP contribution in [0.25, 0.3) is 0 Å². The SMILES string of the molecule is CC(C)C1OCCC1CN=C(N)Nc1ccc2c(c1)CCC2.I. The van der Waals surface area contributed by atoms with Crippen molar-refractivity contribution in [3.63, 3.8) is 0 Å². The fourth-order valence-corrected chi connectivity index (χ4v) is 3.64. The van der Waals surface area contributed by atoms with E-state index in [0.717, 1.165) is 25.3 Å². The van der Waals surface area contributed by atoms with Crippen molar-refractivity contribution >= 4 is 35.6 Å². The first-order valence-electron chi connectivity index (χ1n) is 8.44. The zero-order valence-electron chi connectivity index (χ0n) is 14.0. The second-order valence-electron chi connectivity index (χ2n) is 6.82. The third kappa shape index (κ3) is 4.59. The molecule has 1 aromatic carbocycles. The van der Waals surface area contributed by atoms with Crippen LogP contribution in [0.1, 0.15) is 37.8 Å². The zero-order valence-corrected chi connectivity index (χ0v) is 16.4. The van der Waals surface area contributed by atoms with Crippen molar-refractivity contribution in [1.29, 1.82) is 0 Å². The summed E-state index contributed by atoms with van der Waals surface area (Å²) in [6.45, 7) is 6.01. The van der Waals surface area contributed by atoms with Crippen molar-refractivity contribution in [2.75, 3.05) is 18.5 Å². The lowest BCUT2D eigenvalue weighted by molar-refractivity contribution is 0.0559. The van der Waals surface area contributed by atoms with Gasteiger partial charge in [-0.05, 0) is 54.9 Å². The predicted molar refractivity (Wildman–Crippen MR) is 107 cm³/mol. The lowest BCUT2D eigenvalue weighted by Gasteiger charge is -2.20. The summed E-state index contributed by atoms with van der Waals surface area (Å²) in [5.74, 6) is 1.53. The molecule has 2 aliphatic rings. The number of benzene rings is 1. The number of anilines is 1. The molecule has 1 aromatic rings. The Labute approximate surface area is 156 Å². The Morgan fingerprint density at radius 3 is 2.91 bits per heavy atom. The lowest BCUT2D eigenvalue weighted by atomic mass is 9.93. The Kier molecular flexibility index (Phi) is 6.71. The molecule has 3 rings (SSSR count). The van der Waals surface area contributed by atoms with Gasteiger partial charge in [0.05, 0.1) is 6.10 Å². The molecule has 4 nitrogen and oxygen atoms in total. The molecule has 128 valence electrons. The number of hydrogen-bond acceptors (Lipinski definition) is 2. The van der Waals surface area contributed by atoms with Crippen molar-refractivity contribution in [3.8, 4) is 0 Å². The van der Waals surface area contributed by atoms with E-state index in [2.05, 4.69) is 42.4 Å². The number of rotatable bonds is 4. The van der Waals surface area contributed by atoms with Gasteiger partial charge in [0.15, 0.2) is 5.96 Å². The molecule has 0 spiro atoms. The molecule has 2 atom stereocenters. The second kappa shape index (κ2) is 8.33. The highest BCUT2D eigenvalue weighted by Crippen LogP contribution is 2.27. The quantitative estimate of drug-likeness (QED) is 0.437. The van der Waals surface area contributed by atoms with Crippen LogP contribution < -0.4 is 11.1 Å². The number of halogens is 1. The highest BCUT2D eigenvalue weighted by atomic mass is 127. The monoisotopic (exact) mass is 429 g/mol. The molecule has 2 unspecified atom stereocenters. The van der Waals surface area contributed by atoms with Gasteiger partial charge in [-0.2, -0.15) is 0 Å². The van der Waals surface area contributed by atoms with E-state index >= 15 is 0 Å². The summed E-state index contributed by atoms with van der Waals surface area (Å²) in [5, 5.41) is 3.23. The van der Waals surface area contributed by atoms with Gasteiger partial charge in [-0.3, -0.25) is 4.99 Å². The first-order chi connectivity index (χ1) is 10.6. The van der Waals surface area contributed by atoms with E-state index < -0.39 is 0 Å². The van der Waals surface area contributed by atoms with Gasteiger partial charge >= 0.3 is 0 Å². The summed E-state index contributed by atoms with van der Waals surface area (Å²) in [7, 11) is 0. The minimum Gasteiger partial charge on any atom is -0.378 e. The molecule has 1 aliphatic heterocycles. The van der Waals surface area contributed by atoms with Crippen molar-refractivity contribution in [2.45, 2.75) is 45.6 Å². The maximum absolute atomic E-state index is 6.05. The Hall–Kier alpha value is -0.820. The van der Waals surface area contributed by atoms with E-state index in [1.54, 1.807) is 0 Å². The molecule has 0 amide bonds. The Bertz CT molecular complexity index is 559. The first-order valence-corrected chi connectivity index (χ1v) is 8.44. The van der Waals surface area contributed by atoms with E-state index in [9.17, 15) is 0 Å². The number of aryl methyl sites for hydroxylation is 2. The number of nitrogens with two attached hydrogens (primary N) is 1. The smallest absolute Gasteiger partial charge is 0.193 e. The molecule has 5 heteroatoms. The summed E-state index contributed by atoms with van der Waals surface area (Å²) in [5.41, 5.74) is 10.0. The van der Waals surface area contributed by atoms with Crippen LogP contribution in [0.2, 0.25) is 0 Å². The average Bonchev–Trinajstić information content (AvgIpc) is 3.13. The van der Waals surface area contributed by atoms with Gasteiger partial charge in [-0.25, -0.2) is 0 Å². The maximum atomic E-state index is 6.05. The molecule has 1 heterocycles. The van der Waals surface area contributed by atoms with Crippen molar-refractivity contribution in [2.24, 2.45) is 22.6 Å². The van der Waals surface area contributed by atoms with E-state index in [0.29, 0.717) is 23.9 Å². The van der Waals surface area contributed by atoms with Crippen molar-refractivity contribution < 1.29 is 4.74 Å². The molecule has 0 saturated carbocycles. The molecule has 1 aliphatic carbocycles. The fraction of sp³-hybridized carbons (Fsp3) is 0.611. The topological polar surface area (TPSA) is 59.6 Å². The zero-order chi connectivity index (χ0) is 15.5. The maximum Gasteiger partial charge on any atom is 0.193 e. The van der Waals surface area contributed by atoms with Gasteiger partial charge in [-0.15, -0.1) is 24.0 Å². The molecule has 1 fully saturated rings. The third-order valence-electron chi connectivity index (χ3n) is 4.79. The molecule has 0 aromatic heterocycles. The van der Waals surface area contributed by atoms with Gasteiger partial charge in [0, 0.05) is 24.8 Å². The minimum absolute atomic E-state index is 0. The molecular formula is C18H28IN3O. The fourth-order valence-electron chi connectivity index (χ4n) is 3.64. The van der Waals surface area contributed by atoms with Crippen LogP contribution in [-0.2, 0) is 17.6 Å². The Balaban J connectivity index is 0.00000192. The van der Waals surface area contributed by atoms with Crippen LogP contribution in [0.15, 0.2) is 23.2 Å². The third-order valence-corrected chi connectivity index (χ3v) is 4.79. The second-order valence-corrected chi connectivity index (χ2v) is 6.82. The van der Waals surface area contributed by atoms with Gasteiger partial charge in [0.25, 0.3) is 0 Å². The predicted octanol–water partition coefficient (Wildman–Crippen LogP) is 3.58. The van der Waals surface area contributed by atoms with Crippen LogP contribution >= 0.6 is 24.0 Å². The first kappa shape index (κ1) is 18.5. The summed E-state index contributed by atoms with van der Waals surface area (Å²) >= 11 is 0. The normalized spacial score (nSPS) is 23.7. The highest BCUT2D eigenvalue weighted by Gasteiger charge is 2.30. The van der Waals surface area contributed by atoms with Crippen LogP contribution in [0.4, 0.5) is 5.69 Å². The minimum atomic E-state index is 0. The van der Waals surface area contributed by atoms with Gasteiger partial charge in [0.2, 0.25) is 0 Å². The van der Waals surface area contributed by atoms with Crippen molar-refractivity contribution in [3.05, 3.63) is 29.3 Å². The summed E-state index contributed by atoms with van der Waals surface area (Å²) < 4.78 is 5.80. The summed E-state index contributed by atoms with van der Waals surface area (Å²) in [6.07, 6.45) is 5.05. The molecule has 1 saturated heterocycles. The summed E-state index contributed by atoms with van der Waals surface area (Å²) in [4.78, 5) is 4.53. The number of aliphatic imine (C=N–C) groups is 1.